The molecule has 3 N–H and O–H groups in total. The van der Waals surface area contributed by atoms with E-state index in [0.29, 0.717) is 43.3 Å². The largest absolute Gasteiger partial charge is 0.353 e. The van der Waals surface area contributed by atoms with Gasteiger partial charge in [-0.05, 0) is 73.2 Å². The number of thioether (sulfide) groups is 1. The zero-order chi connectivity index (χ0) is 26.4. The molecule has 1 aromatic heterocycles. The summed E-state index contributed by atoms with van der Waals surface area (Å²) in [6, 6.07) is 19.4. The maximum atomic E-state index is 13.4. The lowest BCUT2D eigenvalue weighted by atomic mass is 9.82. The van der Waals surface area contributed by atoms with Crippen LogP contribution in [0.1, 0.15) is 18.4 Å². The van der Waals surface area contributed by atoms with Crippen molar-refractivity contribution in [2.24, 2.45) is 0 Å². The zero-order valence-corrected chi connectivity index (χ0v) is 21.9. The van der Waals surface area contributed by atoms with Crippen molar-refractivity contribution in [3.8, 4) is 6.07 Å². The molecule has 1 aliphatic heterocycles. The highest BCUT2D eigenvalue weighted by atomic mass is 35.5. The summed E-state index contributed by atoms with van der Waals surface area (Å²) in [4.78, 5) is 30.1. The Morgan fingerprint density at radius 2 is 1.54 bits per heavy atom. The molecular formula is C27H21Cl2N5O2S. The summed E-state index contributed by atoms with van der Waals surface area (Å²) in [5.74, 6) is -1.19. The van der Waals surface area contributed by atoms with Crippen LogP contribution >= 0.6 is 35.0 Å². The monoisotopic (exact) mass is 549 g/mol. The predicted molar refractivity (Wildman–Crippen MR) is 148 cm³/mol. The highest BCUT2D eigenvalue weighted by Crippen LogP contribution is 2.40. The summed E-state index contributed by atoms with van der Waals surface area (Å²) in [5, 5.41) is 20.7. The number of benzene rings is 2. The molecule has 10 heteroatoms. The van der Waals surface area contributed by atoms with E-state index >= 15 is 0 Å². The minimum Gasteiger partial charge on any atom is -0.353 e. The molecule has 186 valence electrons. The van der Waals surface area contributed by atoms with Crippen molar-refractivity contribution in [3.63, 3.8) is 0 Å². The molecule has 1 aliphatic rings. The molecule has 4 rings (SSSR count). The second-order valence-corrected chi connectivity index (χ2v) is 9.90. The SMILES string of the molecule is CC1=C(C(=O)Nc2ccc(Cl)cc2)[C@@H](c2ccncc2)C(C#N)=C(SCC(=O)Nc2ccc(Cl)cc2)N1. The molecule has 37 heavy (non-hydrogen) atoms. The van der Waals surface area contributed by atoms with Gasteiger partial charge in [-0.2, -0.15) is 5.26 Å². The average molecular weight is 550 g/mol. The van der Waals surface area contributed by atoms with Gasteiger partial charge in [0.1, 0.15) is 0 Å². The van der Waals surface area contributed by atoms with Crippen LogP contribution in [0.25, 0.3) is 0 Å². The summed E-state index contributed by atoms with van der Waals surface area (Å²) < 4.78 is 0. The lowest BCUT2D eigenvalue weighted by Gasteiger charge is -2.29. The number of aromatic nitrogens is 1. The van der Waals surface area contributed by atoms with Gasteiger partial charge >= 0.3 is 0 Å². The third-order valence-electron chi connectivity index (χ3n) is 5.51. The van der Waals surface area contributed by atoms with E-state index in [1.54, 1.807) is 80.0 Å². The van der Waals surface area contributed by atoms with Gasteiger partial charge in [0.25, 0.3) is 5.91 Å². The molecule has 0 unspecified atom stereocenters. The van der Waals surface area contributed by atoms with E-state index in [1.165, 1.54) is 11.8 Å². The van der Waals surface area contributed by atoms with Crippen LogP contribution in [-0.2, 0) is 9.59 Å². The number of nitrogens with one attached hydrogen (secondary N) is 3. The van der Waals surface area contributed by atoms with E-state index in [-0.39, 0.29) is 17.6 Å². The Balaban J connectivity index is 1.60. The average Bonchev–Trinajstić information content (AvgIpc) is 2.90. The Labute approximate surface area is 228 Å². The molecule has 2 aromatic carbocycles. The third kappa shape index (κ3) is 6.52. The number of dihydropyridines is 1. The molecule has 0 saturated carbocycles. The lowest BCUT2D eigenvalue weighted by molar-refractivity contribution is -0.114. The molecule has 3 aromatic rings. The second kappa shape index (κ2) is 12.0. The van der Waals surface area contributed by atoms with Crippen molar-refractivity contribution in [2.45, 2.75) is 12.8 Å². The van der Waals surface area contributed by atoms with Crippen molar-refractivity contribution in [2.75, 3.05) is 16.4 Å². The fraction of sp³-hybridized carbons (Fsp3) is 0.111. The number of carbonyl (C=O) groups excluding carboxylic acids is 2. The van der Waals surface area contributed by atoms with E-state index in [0.717, 1.165) is 5.56 Å². The van der Waals surface area contributed by atoms with Crippen LogP contribution in [-0.4, -0.2) is 22.6 Å². The molecule has 2 amide bonds. The second-order valence-electron chi connectivity index (χ2n) is 8.04. The number of amides is 2. The van der Waals surface area contributed by atoms with Crippen molar-refractivity contribution in [3.05, 3.63) is 111 Å². The lowest BCUT2D eigenvalue weighted by Crippen LogP contribution is -2.31. The van der Waals surface area contributed by atoms with E-state index in [1.807, 2.05) is 0 Å². The highest BCUT2D eigenvalue weighted by Gasteiger charge is 2.34. The number of carbonyl (C=O) groups is 2. The first-order valence-corrected chi connectivity index (χ1v) is 12.9. The summed E-state index contributed by atoms with van der Waals surface area (Å²) in [7, 11) is 0. The first kappa shape index (κ1) is 26.3. The molecule has 0 bridgehead atoms. The molecule has 0 aliphatic carbocycles. The fourth-order valence-electron chi connectivity index (χ4n) is 3.82. The van der Waals surface area contributed by atoms with E-state index in [2.05, 4.69) is 27.0 Å². The van der Waals surface area contributed by atoms with Gasteiger partial charge in [-0.25, -0.2) is 0 Å². The molecule has 0 spiro atoms. The van der Waals surface area contributed by atoms with Crippen LogP contribution in [0, 0.1) is 11.3 Å². The molecule has 0 saturated heterocycles. The first-order valence-electron chi connectivity index (χ1n) is 11.1. The smallest absolute Gasteiger partial charge is 0.254 e. The van der Waals surface area contributed by atoms with Crippen molar-refractivity contribution >= 4 is 58.2 Å². The summed E-state index contributed by atoms with van der Waals surface area (Å²) in [6.45, 7) is 1.77. The van der Waals surface area contributed by atoms with Crippen molar-refractivity contribution < 1.29 is 9.59 Å². The van der Waals surface area contributed by atoms with Crippen LogP contribution in [0.4, 0.5) is 11.4 Å². The van der Waals surface area contributed by atoms with Gasteiger partial charge in [-0.3, -0.25) is 14.6 Å². The van der Waals surface area contributed by atoms with Crippen molar-refractivity contribution in [1.29, 1.82) is 5.26 Å². The summed E-state index contributed by atoms with van der Waals surface area (Å²) in [5.41, 5.74) is 3.23. The molecule has 0 radical (unpaired) electrons. The zero-order valence-electron chi connectivity index (χ0n) is 19.6. The highest BCUT2D eigenvalue weighted by molar-refractivity contribution is 8.03. The van der Waals surface area contributed by atoms with E-state index in [9.17, 15) is 14.9 Å². The van der Waals surface area contributed by atoms with Crippen LogP contribution in [0.3, 0.4) is 0 Å². The van der Waals surface area contributed by atoms with Gasteiger partial charge in [-0.1, -0.05) is 35.0 Å². The van der Waals surface area contributed by atoms with Gasteiger partial charge in [0.15, 0.2) is 0 Å². The maximum Gasteiger partial charge on any atom is 0.254 e. The van der Waals surface area contributed by atoms with Gasteiger partial charge in [-0.15, -0.1) is 0 Å². The number of pyridine rings is 1. The van der Waals surface area contributed by atoms with Crippen LogP contribution < -0.4 is 16.0 Å². The number of hydrogen-bond donors (Lipinski definition) is 3. The summed E-state index contributed by atoms with van der Waals surface area (Å²) in [6.07, 6.45) is 3.23. The Kier molecular flexibility index (Phi) is 8.51. The minimum absolute atomic E-state index is 0.0544. The molecule has 2 heterocycles. The molecule has 1 atom stereocenters. The first-order chi connectivity index (χ1) is 17.9. The summed E-state index contributed by atoms with van der Waals surface area (Å²) >= 11 is 13.1. The Morgan fingerprint density at radius 3 is 2.11 bits per heavy atom. The standard InChI is InChI=1S/C27H21Cl2N5O2S/c1-16-24(26(36)34-21-8-4-19(29)5-9-21)25(17-10-12-31-13-11-17)22(14-30)27(32-16)37-15-23(35)33-20-6-2-18(28)3-7-20/h2-13,25,32H,15H2,1H3,(H,33,35)(H,34,36)/t25-/m0/s1. The number of hydrogen-bond acceptors (Lipinski definition) is 6. The van der Waals surface area contributed by atoms with Crippen LogP contribution in [0.2, 0.25) is 10.0 Å². The number of halogens is 2. The molecular weight excluding hydrogens is 529 g/mol. The van der Waals surface area contributed by atoms with Crippen molar-refractivity contribution in [1.82, 2.24) is 10.3 Å². The number of anilines is 2. The van der Waals surface area contributed by atoms with Gasteiger partial charge in [0.05, 0.1) is 28.3 Å². The number of nitrogens with zero attached hydrogens (tertiary/aromatic N) is 2. The quantitative estimate of drug-likeness (QED) is 0.329. The van der Waals surface area contributed by atoms with Crippen LogP contribution in [0.5, 0.6) is 0 Å². The third-order valence-corrected chi connectivity index (χ3v) is 7.03. The number of rotatable bonds is 7. The number of allylic oxidation sites excluding steroid dienone is 2. The van der Waals surface area contributed by atoms with Crippen LogP contribution in [0.15, 0.2) is 94.9 Å². The number of nitriles is 1. The predicted octanol–water partition coefficient (Wildman–Crippen LogP) is 6.09. The molecule has 7 nitrogen and oxygen atoms in total. The molecule has 0 fully saturated rings. The topological polar surface area (TPSA) is 107 Å². The van der Waals surface area contributed by atoms with Gasteiger partial charge in [0, 0.05) is 45.1 Å². The normalized spacial score (nSPS) is 15.0. The fourth-order valence-corrected chi connectivity index (χ4v) is 4.96. The van der Waals surface area contributed by atoms with Gasteiger partial charge in [0.2, 0.25) is 5.91 Å². The van der Waals surface area contributed by atoms with E-state index < -0.39 is 5.92 Å². The van der Waals surface area contributed by atoms with E-state index in [4.69, 9.17) is 23.2 Å². The Bertz CT molecular complexity index is 1420. The Hall–Kier alpha value is -3.77. The minimum atomic E-state index is -0.650. The van der Waals surface area contributed by atoms with Gasteiger partial charge < -0.3 is 16.0 Å². The Morgan fingerprint density at radius 1 is 0.973 bits per heavy atom. The maximum absolute atomic E-state index is 13.4.